The summed E-state index contributed by atoms with van der Waals surface area (Å²) < 4.78 is 33.0. The third kappa shape index (κ3) is 5.99. The van der Waals surface area contributed by atoms with Gasteiger partial charge in [0.15, 0.2) is 17.3 Å². The highest BCUT2D eigenvalue weighted by Gasteiger charge is 2.18. The molecule has 2 heterocycles. The second-order valence-corrected chi connectivity index (χ2v) is 10.7. The molecule has 9 heteroatoms. The van der Waals surface area contributed by atoms with Crippen LogP contribution in [0.25, 0.3) is 34.0 Å². The van der Waals surface area contributed by atoms with Gasteiger partial charge in [0.25, 0.3) is 0 Å². The van der Waals surface area contributed by atoms with Gasteiger partial charge in [0.2, 0.25) is 0 Å². The fourth-order valence-electron chi connectivity index (χ4n) is 4.36. The monoisotopic (exact) mass is 521 g/mol. The third-order valence-corrected chi connectivity index (χ3v) is 7.84. The van der Waals surface area contributed by atoms with Gasteiger partial charge in [0.05, 0.1) is 11.9 Å². The van der Waals surface area contributed by atoms with Crippen LogP contribution in [0.1, 0.15) is 38.2 Å². The van der Waals surface area contributed by atoms with Crippen molar-refractivity contribution in [3.8, 4) is 34.0 Å². The lowest BCUT2D eigenvalue weighted by atomic mass is 10.1. The molecule has 0 aliphatic heterocycles. The summed E-state index contributed by atoms with van der Waals surface area (Å²) in [6.07, 6.45) is 6.83. The normalized spacial score (nSPS) is 14.8. The van der Waals surface area contributed by atoms with Crippen molar-refractivity contribution in [2.24, 2.45) is 0 Å². The number of alkyl halides is 1. The minimum absolute atomic E-state index is 0.198. The predicted molar refractivity (Wildman–Crippen MR) is 143 cm³/mol. The van der Waals surface area contributed by atoms with Crippen LogP contribution in [0.3, 0.4) is 0 Å². The number of benzene rings is 2. The smallest absolute Gasteiger partial charge is 0.189 e. The molecule has 2 aromatic heterocycles. The quantitative estimate of drug-likeness (QED) is 0.254. The lowest BCUT2D eigenvalue weighted by Crippen LogP contribution is -2.27. The topological polar surface area (TPSA) is 89.9 Å². The first-order valence-electron chi connectivity index (χ1n) is 12.4. The fraction of sp³-hybridized carbons (Fsp3) is 0.321. The minimum atomic E-state index is -0.486. The molecule has 1 atom stereocenters. The van der Waals surface area contributed by atoms with Gasteiger partial charge in [0, 0.05) is 39.9 Å². The number of thioether (sulfide) groups is 1. The number of rotatable bonds is 9. The number of hydrogen-bond acceptors (Lipinski definition) is 7. The summed E-state index contributed by atoms with van der Waals surface area (Å²) in [4.78, 5) is 10.2. The predicted octanol–water partition coefficient (Wildman–Crippen LogP) is 6.67. The van der Waals surface area contributed by atoms with Crippen LogP contribution >= 0.6 is 11.8 Å². The Bertz CT molecular complexity index is 1360. The molecule has 2 aromatic carbocycles. The van der Waals surface area contributed by atoms with Crippen molar-refractivity contribution in [2.45, 2.75) is 55.3 Å². The molecule has 3 N–H and O–H groups in total. The summed E-state index contributed by atoms with van der Waals surface area (Å²) >= 11 is 1.94. The Morgan fingerprint density at radius 1 is 1.11 bits per heavy atom. The van der Waals surface area contributed by atoms with Gasteiger partial charge in [-0.05, 0) is 49.6 Å². The van der Waals surface area contributed by atoms with Gasteiger partial charge in [0.1, 0.15) is 18.2 Å². The average Bonchev–Trinajstić information content (AvgIpc) is 3.61. The fourth-order valence-corrected chi connectivity index (χ4v) is 5.61. The second kappa shape index (κ2) is 11.4. The van der Waals surface area contributed by atoms with Crippen LogP contribution in [-0.4, -0.2) is 33.1 Å². The molecule has 1 aliphatic rings. The van der Waals surface area contributed by atoms with Crippen molar-refractivity contribution in [3.63, 3.8) is 0 Å². The zero-order valence-corrected chi connectivity index (χ0v) is 21.4. The Kier molecular flexibility index (Phi) is 7.81. The van der Waals surface area contributed by atoms with E-state index in [1.165, 1.54) is 36.6 Å². The standard InChI is InChI=1S/C28H29F2N5OS/c1-17(14-29)32-15-18-6-11-22(23(30)12-18)24-13-26(36-35-24)27-28(31)33-16-25(34-27)19-7-9-21(10-8-19)37-20-4-2-3-5-20/h6-13,16-17,20,32H,2-5,14-15H2,1H3,(H2,31,33). The minimum Gasteiger partial charge on any atom is -0.382 e. The van der Waals surface area contributed by atoms with Crippen molar-refractivity contribution in [2.75, 3.05) is 12.4 Å². The van der Waals surface area contributed by atoms with Crippen LogP contribution in [-0.2, 0) is 6.54 Å². The van der Waals surface area contributed by atoms with E-state index in [0.29, 0.717) is 40.2 Å². The Hall–Kier alpha value is -3.30. The molecular weight excluding hydrogens is 492 g/mol. The van der Waals surface area contributed by atoms with Gasteiger partial charge in [-0.1, -0.05) is 36.2 Å². The number of nitrogen functional groups attached to an aromatic ring is 1. The zero-order valence-electron chi connectivity index (χ0n) is 20.6. The van der Waals surface area contributed by atoms with Crippen LogP contribution in [0.4, 0.5) is 14.6 Å². The van der Waals surface area contributed by atoms with Crippen LogP contribution in [0, 0.1) is 5.82 Å². The molecule has 0 amide bonds. The maximum absolute atomic E-state index is 14.8. The average molecular weight is 522 g/mol. The summed E-state index contributed by atoms with van der Waals surface area (Å²) in [5.74, 6) is 0.0522. The summed E-state index contributed by atoms with van der Waals surface area (Å²) in [7, 11) is 0. The molecule has 4 aromatic rings. The van der Waals surface area contributed by atoms with Crippen molar-refractivity contribution in [1.82, 2.24) is 20.4 Å². The first-order chi connectivity index (χ1) is 18.0. The molecule has 6 nitrogen and oxygen atoms in total. The van der Waals surface area contributed by atoms with E-state index in [9.17, 15) is 8.78 Å². The van der Waals surface area contributed by atoms with E-state index in [2.05, 4.69) is 32.6 Å². The van der Waals surface area contributed by atoms with Gasteiger partial charge in [-0.2, -0.15) is 0 Å². The van der Waals surface area contributed by atoms with Crippen molar-refractivity contribution in [3.05, 3.63) is 66.1 Å². The Balaban J connectivity index is 1.34. The van der Waals surface area contributed by atoms with E-state index in [1.807, 2.05) is 23.9 Å². The van der Waals surface area contributed by atoms with Crippen molar-refractivity contribution < 1.29 is 13.3 Å². The zero-order chi connectivity index (χ0) is 25.8. The maximum atomic E-state index is 14.8. The highest BCUT2D eigenvalue weighted by molar-refractivity contribution is 8.00. The molecule has 0 saturated heterocycles. The SMILES string of the molecule is CC(CF)NCc1ccc(-c2cc(-c3nc(-c4ccc(SC5CCCC5)cc4)cnc3N)on2)c(F)c1. The molecule has 192 valence electrons. The Labute approximate surface area is 219 Å². The van der Waals surface area contributed by atoms with Gasteiger partial charge in [-0.15, -0.1) is 11.8 Å². The maximum Gasteiger partial charge on any atom is 0.189 e. The van der Waals surface area contributed by atoms with E-state index in [-0.39, 0.29) is 17.4 Å². The van der Waals surface area contributed by atoms with Crippen LogP contribution in [0.15, 0.2) is 64.1 Å². The molecule has 5 rings (SSSR count). The van der Waals surface area contributed by atoms with Gasteiger partial charge in [-0.3, -0.25) is 0 Å². The van der Waals surface area contributed by atoms with E-state index in [0.717, 1.165) is 5.56 Å². The molecule has 1 saturated carbocycles. The lowest BCUT2D eigenvalue weighted by molar-refractivity contribution is 0.391. The summed E-state index contributed by atoms with van der Waals surface area (Å²) in [5.41, 5.74) is 9.35. The van der Waals surface area contributed by atoms with Gasteiger partial charge >= 0.3 is 0 Å². The van der Waals surface area contributed by atoms with Crippen LogP contribution in [0.5, 0.6) is 0 Å². The van der Waals surface area contributed by atoms with E-state index in [4.69, 9.17) is 10.3 Å². The Morgan fingerprint density at radius 2 is 1.89 bits per heavy atom. The van der Waals surface area contributed by atoms with Crippen molar-refractivity contribution in [1.29, 1.82) is 0 Å². The van der Waals surface area contributed by atoms with Crippen LogP contribution in [0.2, 0.25) is 0 Å². The number of nitrogens with two attached hydrogens (primary N) is 1. The first kappa shape index (κ1) is 25.4. The summed E-state index contributed by atoms with van der Waals surface area (Å²) in [6, 6.07) is 14.4. The molecule has 1 unspecified atom stereocenters. The van der Waals surface area contributed by atoms with E-state index in [1.54, 1.807) is 31.3 Å². The first-order valence-corrected chi connectivity index (χ1v) is 13.3. The molecule has 0 bridgehead atoms. The summed E-state index contributed by atoms with van der Waals surface area (Å²) in [6.45, 7) is 1.61. The molecule has 0 radical (unpaired) electrons. The van der Waals surface area contributed by atoms with Gasteiger partial charge in [-0.25, -0.2) is 18.7 Å². The Morgan fingerprint density at radius 3 is 2.62 bits per heavy atom. The number of hydrogen-bond donors (Lipinski definition) is 2. The van der Waals surface area contributed by atoms with Crippen LogP contribution < -0.4 is 11.1 Å². The van der Waals surface area contributed by atoms with Gasteiger partial charge < -0.3 is 15.6 Å². The van der Waals surface area contributed by atoms with E-state index >= 15 is 0 Å². The number of halogens is 2. The second-order valence-electron chi connectivity index (χ2n) is 9.36. The lowest BCUT2D eigenvalue weighted by Gasteiger charge is -2.10. The summed E-state index contributed by atoms with van der Waals surface area (Å²) in [5, 5.41) is 7.74. The highest BCUT2D eigenvalue weighted by atomic mass is 32.2. The molecular formula is C28H29F2N5OS. The largest absolute Gasteiger partial charge is 0.382 e. The number of nitrogens with zero attached hydrogens (tertiary/aromatic N) is 3. The number of anilines is 1. The number of aromatic nitrogens is 3. The van der Waals surface area contributed by atoms with E-state index < -0.39 is 12.5 Å². The molecule has 1 aliphatic carbocycles. The molecule has 1 fully saturated rings. The molecule has 37 heavy (non-hydrogen) atoms. The van der Waals surface area contributed by atoms with Crippen molar-refractivity contribution >= 4 is 17.6 Å². The highest BCUT2D eigenvalue weighted by Crippen LogP contribution is 2.36. The number of nitrogens with one attached hydrogen (secondary N) is 1. The molecule has 0 spiro atoms. The third-order valence-electron chi connectivity index (χ3n) is 6.49.